The molecule has 1 heterocycles. The Morgan fingerprint density at radius 2 is 1.79 bits per heavy atom. The Morgan fingerprint density at radius 3 is 2.42 bits per heavy atom. The Labute approximate surface area is 143 Å². The van der Waals surface area contributed by atoms with Gasteiger partial charge in [-0.15, -0.1) is 11.3 Å². The van der Waals surface area contributed by atoms with Gasteiger partial charge >= 0.3 is 0 Å². The monoisotopic (exact) mass is 343 g/mol. The summed E-state index contributed by atoms with van der Waals surface area (Å²) in [6.45, 7) is 0. The van der Waals surface area contributed by atoms with Crippen LogP contribution in [0.4, 0.5) is 5.00 Å². The van der Waals surface area contributed by atoms with Crippen molar-refractivity contribution in [3.63, 3.8) is 0 Å². The average molecular weight is 343 g/mol. The first-order chi connectivity index (χ1) is 11.5. The Kier molecular flexibility index (Phi) is 4.61. The van der Waals surface area contributed by atoms with Gasteiger partial charge in [-0.1, -0.05) is 30.3 Å². The first-order valence-corrected chi connectivity index (χ1v) is 8.42. The highest BCUT2D eigenvalue weighted by Crippen LogP contribution is 2.31. The smallest absolute Gasteiger partial charge is 0.262 e. The highest BCUT2D eigenvalue weighted by Gasteiger charge is 2.30. The zero-order valence-electron chi connectivity index (χ0n) is 12.8. The van der Waals surface area contributed by atoms with Crippen LogP contribution in [0.1, 0.15) is 34.1 Å². The van der Waals surface area contributed by atoms with E-state index >= 15 is 0 Å². The van der Waals surface area contributed by atoms with Crippen molar-refractivity contribution in [2.24, 2.45) is 11.7 Å². The molecule has 2 aromatic rings. The predicted octanol–water partition coefficient (Wildman–Crippen LogP) is 2.05. The van der Waals surface area contributed by atoms with Crippen LogP contribution >= 0.6 is 11.3 Å². The minimum Gasteiger partial charge on any atom is -0.368 e. The molecule has 1 fully saturated rings. The van der Waals surface area contributed by atoms with Gasteiger partial charge in [0.2, 0.25) is 11.8 Å². The zero-order valence-corrected chi connectivity index (χ0v) is 13.6. The SMILES string of the molecule is NC(=O)C(NC(=O)c1ccc(NC(=O)C2CC2)s1)c1ccccc1. The Morgan fingerprint density at radius 1 is 1.08 bits per heavy atom. The number of primary amides is 1. The van der Waals surface area contributed by atoms with Gasteiger partial charge in [0, 0.05) is 5.92 Å². The molecule has 1 aliphatic carbocycles. The van der Waals surface area contributed by atoms with E-state index in [9.17, 15) is 14.4 Å². The van der Waals surface area contributed by atoms with E-state index in [1.54, 1.807) is 36.4 Å². The molecule has 4 N–H and O–H groups in total. The molecule has 0 aliphatic heterocycles. The number of anilines is 1. The minimum absolute atomic E-state index is 0.0110. The number of hydrogen-bond acceptors (Lipinski definition) is 4. The number of benzene rings is 1. The number of amides is 3. The highest BCUT2D eigenvalue weighted by molar-refractivity contribution is 7.18. The summed E-state index contributed by atoms with van der Waals surface area (Å²) in [5.41, 5.74) is 6.02. The van der Waals surface area contributed by atoms with Crippen molar-refractivity contribution >= 4 is 34.1 Å². The average Bonchev–Trinajstić information content (AvgIpc) is 3.33. The van der Waals surface area contributed by atoms with Gasteiger partial charge in [-0.2, -0.15) is 0 Å². The molecular weight excluding hydrogens is 326 g/mol. The van der Waals surface area contributed by atoms with E-state index in [-0.39, 0.29) is 11.8 Å². The number of thiophene rings is 1. The van der Waals surface area contributed by atoms with Gasteiger partial charge in [0.15, 0.2) is 0 Å². The van der Waals surface area contributed by atoms with E-state index in [1.807, 2.05) is 6.07 Å². The van der Waals surface area contributed by atoms with Crippen LogP contribution in [-0.4, -0.2) is 17.7 Å². The van der Waals surface area contributed by atoms with Crippen LogP contribution in [0.2, 0.25) is 0 Å². The van der Waals surface area contributed by atoms with E-state index in [4.69, 9.17) is 5.73 Å². The number of hydrogen-bond donors (Lipinski definition) is 3. The molecule has 124 valence electrons. The molecule has 0 saturated heterocycles. The second-order valence-corrected chi connectivity index (χ2v) is 6.73. The van der Waals surface area contributed by atoms with Crippen molar-refractivity contribution in [3.05, 3.63) is 52.9 Å². The maximum Gasteiger partial charge on any atom is 0.262 e. The Balaban J connectivity index is 1.68. The topological polar surface area (TPSA) is 101 Å². The van der Waals surface area contributed by atoms with Gasteiger partial charge in [-0.3, -0.25) is 14.4 Å². The van der Waals surface area contributed by atoms with Crippen molar-refractivity contribution < 1.29 is 14.4 Å². The summed E-state index contributed by atoms with van der Waals surface area (Å²) >= 11 is 1.17. The number of carbonyl (C=O) groups excluding carboxylic acids is 3. The van der Waals surface area contributed by atoms with E-state index in [1.165, 1.54) is 11.3 Å². The van der Waals surface area contributed by atoms with Gasteiger partial charge in [0.05, 0.1) is 9.88 Å². The third-order valence-electron chi connectivity index (χ3n) is 3.72. The van der Waals surface area contributed by atoms with Crippen molar-refractivity contribution in [2.45, 2.75) is 18.9 Å². The lowest BCUT2D eigenvalue weighted by Gasteiger charge is -2.15. The number of rotatable bonds is 6. The molecule has 1 unspecified atom stereocenters. The van der Waals surface area contributed by atoms with Crippen molar-refractivity contribution in [1.82, 2.24) is 5.32 Å². The van der Waals surface area contributed by atoms with Crippen LogP contribution in [-0.2, 0) is 9.59 Å². The minimum atomic E-state index is -0.898. The molecule has 3 amide bonds. The van der Waals surface area contributed by atoms with Gasteiger partial charge in [-0.05, 0) is 30.5 Å². The Hall–Kier alpha value is -2.67. The molecule has 7 heteroatoms. The number of nitrogens with two attached hydrogens (primary N) is 1. The van der Waals surface area contributed by atoms with Crippen LogP contribution in [0, 0.1) is 5.92 Å². The molecule has 1 aliphatic rings. The lowest BCUT2D eigenvalue weighted by Crippen LogP contribution is -2.37. The summed E-state index contributed by atoms with van der Waals surface area (Å²) in [5, 5.41) is 6.05. The number of carbonyl (C=O) groups is 3. The largest absolute Gasteiger partial charge is 0.368 e. The summed E-state index contributed by atoms with van der Waals surface area (Å²) in [4.78, 5) is 36.2. The maximum absolute atomic E-state index is 12.4. The van der Waals surface area contributed by atoms with Crippen molar-refractivity contribution in [2.75, 3.05) is 5.32 Å². The summed E-state index contributed by atoms with van der Waals surface area (Å²) in [6, 6.07) is 11.2. The normalized spacial score (nSPS) is 14.7. The summed E-state index contributed by atoms with van der Waals surface area (Å²) in [5.74, 6) is -0.947. The molecule has 24 heavy (non-hydrogen) atoms. The molecular formula is C17H17N3O3S. The fraction of sp³-hybridized carbons (Fsp3) is 0.235. The lowest BCUT2D eigenvalue weighted by atomic mass is 10.1. The quantitative estimate of drug-likeness (QED) is 0.748. The van der Waals surface area contributed by atoms with Crippen LogP contribution in [0.3, 0.4) is 0 Å². The molecule has 0 radical (unpaired) electrons. The van der Waals surface area contributed by atoms with Gasteiger partial charge in [-0.25, -0.2) is 0 Å². The van der Waals surface area contributed by atoms with E-state index in [0.29, 0.717) is 15.4 Å². The molecule has 1 aromatic carbocycles. The molecule has 6 nitrogen and oxygen atoms in total. The first kappa shape index (κ1) is 16.2. The fourth-order valence-corrected chi connectivity index (χ4v) is 3.07. The molecule has 3 rings (SSSR count). The summed E-state index contributed by atoms with van der Waals surface area (Å²) in [7, 11) is 0. The third kappa shape index (κ3) is 3.80. The second-order valence-electron chi connectivity index (χ2n) is 5.65. The van der Waals surface area contributed by atoms with Gasteiger partial charge < -0.3 is 16.4 Å². The highest BCUT2D eigenvalue weighted by atomic mass is 32.1. The molecule has 0 spiro atoms. The van der Waals surface area contributed by atoms with Crippen LogP contribution in [0.5, 0.6) is 0 Å². The van der Waals surface area contributed by atoms with Gasteiger partial charge in [0.25, 0.3) is 5.91 Å². The predicted molar refractivity (Wildman–Crippen MR) is 91.5 cm³/mol. The van der Waals surface area contributed by atoms with E-state index < -0.39 is 17.9 Å². The van der Waals surface area contributed by atoms with Crippen LogP contribution in [0.15, 0.2) is 42.5 Å². The summed E-state index contributed by atoms with van der Waals surface area (Å²) < 4.78 is 0. The van der Waals surface area contributed by atoms with Crippen LogP contribution in [0.25, 0.3) is 0 Å². The summed E-state index contributed by atoms with van der Waals surface area (Å²) in [6.07, 6.45) is 1.84. The van der Waals surface area contributed by atoms with Gasteiger partial charge in [0.1, 0.15) is 6.04 Å². The molecule has 1 saturated carbocycles. The fourth-order valence-electron chi connectivity index (χ4n) is 2.26. The third-order valence-corrected chi connectivity index (χ3v) is 4.72. The van der Waals surface area contributed by atoms with Crippen LogP contribution < -0.4 is 16.4 Å². The zero-order chi connectivity index (χ0) is 17.1. The van der Waals surface area contributed by atoms with Crippen molar-refractivity contribution in [1.29, 1.82) is 0 Å². The molecule has 1 atom stereocenters. The lowest BCUT2D eigenvalue weighted by molar-refractivity contribution is -0.120. The molecule has 1 aromatic heterocycles. The van der Waals surface area contributed by atoms with Crippen molar-refractivity contribution in [3.8, 4) is 0 Å². The molecule has 0 bridgehead atoms. The van der Waals surface area contributed by atoms with E-state index in [0.717, 1.165) is 12.8 Å². The maximum atomic E-state index is 12.4. The Bertz CT molecular complexity index is 768. The standard InChI is InChI=1S/C17H17N3O3S/c18-15(21)14(10-4-2-1-3-5-10)20-17(23)12-8-9-13(24-12)19-16(22)11-6-7-11/h1-5,8-9,11,14H,6-7H2,(H2,18,21)(H,19,22)(H,20,23). The number of nitrogens with one attached hydrogen (secondary N) is 2. The second kappa shape index (κ2) is 6.84. The van der Waals surface area contributed by atoms with E-state index in [2.05, 4.69) is 10.6 Å². The first-order valence-electron chi connectivity index (χ1n) is 7.60.